The van der Waals surface area contributed by atoms with Gasteiger partial charge in [0.05, 0.1) is 5.56 Å². The second-order valence-electron chi connectivity index (χ2n) is 6.00. The highest BCUT2D eigenvalue weighted by molar-refractivity contribution is 9.10. The zero-order valence-electron chi connectivity index (χ0n) is 14.9. The predicted octanol–water partition coefficient (Wildman–Crippen LogP) is 4.43. The molecule has 0 saturated heterocycles. The zero-order valence-corrected chi connectivity index (χ0v) is 16.5. The van der Waals surface area contributed by atoms with E-state index >= 15 is 0 Å². The first-order valence-electron chi connectivity index (χ1n) is 8.62. The third kappa shape index (κ3) is 5.89. The fraction of sp³-hybridized carbons (Fsp3) is 0.0455. The van der Waals surface area contributed by atoms with E-state index in [1.165, 1.54) is 12.3 Å². The molecule has 1 aromatic heterocycles. The number of carbonyl (C=O) groups excluding carboxylic acids is 2. The Hall–Kier alpha value is -3.25. The van der Waals surface area contributed by atoms with Crippen LogP contribution in [0, 0.1) is 0 Å². The Morgan fingerprint density at radius 2 is 1.86 bits per heavy atom. The van der Waals surface area contributed by atoms with Gasteiger partial charge < -0.3 is 10.6 Å². The molecule has 6 heteroatoms. The highest BCUT2D eigenvalue weighted by Gasteiger charge is 2.05. The lowest BCUT2D eigenvalue weighted by Crippen LogP contribution is -2.22. The van der Waals surface area contributed by atoms with Crippen molar-refractivity contribution in [3.8, 4) is 0 Å². The summed E-state index contributed by atoms with van der Waals surface area (Å²) in [5, 5.41) is 5.65. The Balaban J connectivity index is 1.51. The molecule has 2 N–H and O–H groups in total. The summed E-state index contributed by atoms with van der Waals surface area (Å²) in [4.78, 5) is 28.0. The minimum atomic E-state index is -0.211. The van der Waals surface area contributed by atoms with Gasteiger partial charge in [0.25, 0.3) is 5.91 Å². The van der Waals surface area contributed by atoms with Crippen molar-refractivity contribution in [2.45, 2.75) is 6.54 Å². The number of nitrogens with one attached hydrogen (secondary N) is 2. The van der Waals surface area contributed by atoms with E-state index in [0.29, 0.717) is 17.8 Å². The van der Waals surface area contributed by atoms with Gasteiger partial charge in [0.1, 0.15) is 0 Å². The third-order valence-electron chi connectivity index (χ3n) is 3.87. The lowest BCUT2D eigenvalue weighted by molar-refractivity contribution is -0.111. The molecule has 0 aliphatic heterocycles. The molecule has 0 atom stereocenters. The molecule has 0 saturated carbocycles. The smallest absolute Gasteiger partial charge is 0.253 e. The summed E-state index contributed by atoms with van der Waals surface area (Å²) >= 11 is 3.40. The van der Waals surface area contributed by atoms with Crippen molar-refractivity contribution in [3.63, 3.8) is 0 Å². The molecule has 0 unspecified atom stereocenters. The highest BCUT2D eigenvalue weighted by atomic mass is 79.9. The molecule has 1 heterocycles. The first kappa shape index (κ1) is 19.5. The lowest BCUT2D eigenvalue weighted by Gasteiger charge is -2.07. The second kappa shape index (κ2) is 9.62. The molecule has 2 amide bonds. The number of rotatable bonds is 6. The molecule has 3 rings (SSSR count). The third-order valence-corrected chi connectivity index (χ3v) is 4.37. The highest BCUT2D eigenvalue weighted by Crippen LogP contribution is 2.13. The van der Waals surface area contributed by atoms with Crippen LogP contribution >= 0.6 is 15.9 Å². The van der Waals surface area contributed by atoms with E-state index in [0.717, 1.165) is 15.6 Å². The van der Waals surface area contributed by atoms with Gasteiger partial charge in [-0.05, 0) is 53.6 Å². The van der Waals surface area contributed by atoms with Gasteiger partial charge in [-0.25, -0.2) is 0 Å². The standard InChI is InChI=1S/C22H18BrN3O2/c23-19-5-1-3-16(13-19)8-11-21(27)26-20-9-6-17(7-10-20)14-25-22(28)18-4-2-12-24-15-18/h1-13,15H,14H2,(H,25,28)(H,26,27)/b11-8+. The number of carbonyl (C=O) groups is 2. The maximum absolute atomic E-state index is 12.1. The maximum atomic E-state index is 12.1. The molecule has 140 valence electrons. The Kier molecular flexibility index (Phi) is 6.70. The fourth-order valence-electron chi connectivity index (χ4n) is 2.45. The Bertz CT molecular complexity index is 986. The van der Waals surface area contributed by atoms with E-state index in [4.69, 9.17) is 0 Å². The van der Waals surface area contributed by atoms with Gasteiger partial charge in [-0.15, -0.1) is 0 Å². The van der Waals surface area contributed by atoms with Gasteiger partial charge in [-0.1, -0.05) is 40.2 Å². The Labute approximate surface area is 171 Å². The van der Waals surface area contributed by atoms with Crippen molar-refractivity contribution in [1.29, 1.82) is 0 Å². The van der Waals surface area contributed by atoms with Gasteiger partial charge in [0.2, 0.25) is 5.91 Å². The molecule has 2 aromatic carbocycles. The number of hydrogen-bond acceptors (Lipinski definition) is 3. The molecule has 0 aliphatic rings. The molecule has 0 radical (unpaired) electrons. The second-order valence-corrected chi connectivity index (χ2v) is 6.91. The number of aromatic nitrogens is 1. The van der Waals surface area contributed by atoms with E-state index < -0.39 is 0 Å². The normalized spacial score (nSPS) is 10.6. The molecule has 3 aromatic rings. The Morgan fingerprint density at radius 3 is 2.57 bits per heavy atom. The van der Waals surface area contributed by atoms with Crippen LogP contribution in [0.15, 0.2) is 83.6 Å². The number of anilines is 1. The minimum absolute atomic E-state index is 0.178. The predicted molar refractivity (Wildman–Crippen MR) is 114 cm³/mol. The van der Waals surface area contributed by atoms with E-state index in [1.807, 2.05) is 36.4 Å². The molecule has 0 bridgehead atoms. The van der Waals surface area contributed by atoms with Crippen LogP contribution < -0.4 is 10.6 Å². The number of pyridine rings is 1. The van der Waals surface area contributed by atoms with Crippen molar-refractivity contribution < 1.29 is 9.59 Å². The van der Waals surface area contributed by atoms with Gasteiger partial charge >= 0.3 is 0 Å². The number of benzene rings is 2. The van der Waals surface area contributed by atoms with E-state index in [9.17, 15) is 9.59 Å². The summed E-state index contributed by atoms with van der Waals surface area (Å²) in [6.07, 6.45) is 6.39. The van der Waals surface area contributed by atoms with Gasteiger partial charge in [-0.3, -0.25) is 14.6 Å². The average Bonchev–Trinajstić information content (AvgIpc) is 2.72. The van der Waals surface area contributed by atoms with Gasteiger partial charge in [-0.2, -0.15) is 0 Å². The number of amides is 2. The van der Waals surface area contributed by atoms with Crippen molar-refractivity contribution in [3.05, 3.63) is 100 Å². The molecular formula is C22H18BrN3O2. The minimum Gasteiger partial charge on any atom is -0.348 e. The van der Waals surface area contributed by atoms with Crippen LogP contribution in [0.5, 0.6) is 0 Å². The Morgan fingerprint density at radius 1 is 1.04 bits per heavy atom. The van der Waals surface area contributed by atoms with E-state index in [1.54, 1.807) is 36.5 Å². The summed E-state index contributed by atoms with van der Waals surface area (Å²) in [7, 11) is 0. The van der Waals surface area contributed by atoms with Crippen molar-refractivity contribution in [2.75, 3.05) is 5.32 Å². The van der Waals surface area contributed by atoms with E-state index in [-0.39, 0.29) is 11.8 Å². The van der Waals surface area contributed by atoms with Crippen LogP contribution in [0.2, 0.25) is 0 Å². The van der Waals surface area contributed by atoms with Crippen LogP contribution in [0.1, 0.15) is 21.5 Å². The van der Waals surface area contributed by atoms with E-state index in [2.05, 4.69) is 31.5 Å². The number of hydrogen-bond donors (Lipinski definition) is 2. The molecular weight excluding hydrogens is 418 g/mol. The topological polar surface area (TPSA) is 71.1 Å². The number of halogens is 1. The zero-order chi connectivity index (χ0) is 19.8. The first-order chi connectivity index (χ1) is 13.6. The van der Waals surface area contributed by atoms with Crippen LogP contribution in [0.25, 0.3) is 6.08 Å². The summed E-state index contributed by atoms with van der Waals surface area (Å²) in [6.45, 7) is 0.394. The molecule has 5 nitrogen and oxygen atoms in total. The van der Waals surface area contributed by atoms with Crippen LogP contribution in [-0.2, 0) is 11.3 Å². The summed E-state index contributed by atoms with van der Waals surface area (Å²) in [6, 6.07) is 18.4. The van der Waals surface area contributed by atoms with Crippen molar-refractivity contribution in [2.24, 2.45) is 0 Å². The maximum Gasteiger partial charge on any atom is 0.253 e. The monoisotopic (exact) mass is 435 g/mol. The SMILES string of the molecule is O=C(/C=C/c1cccc(Br)c1)Nc1ccc(CNC(=O)c2cccnc2)cc1. The quantitative estimate of drug-likeness (QED) is 0.562. The summed E-state index contributed by atoms with van der Waals surface area (Å²) < 4.78 is 0.960. The van der Waals surface area contributed by atoms with Crippen LogP contribution in [-0.4, -0.2) is 16.8 Å². The largest absolute Gasteiger partial charge is 0.348 e. The van der Waals surface area contributed by atoms with Crippen molar-refractivity contribution in [1.82, 2.24) is 10.3 Å². The average molecular weight is 436 g/mol. The fourth-order valence-corrected chi connectivity index (χ4v) is 2.87. The van der Waals surface area contributed by atoms with Crippen LogP contribution in [0.4, 0.5) is 5.69 Å². The lowest BCUT2D eigenvalue weighted by atomic mass is 10.2. The van der Waals surface area contributed by atoms with Crippen LogP contribution in [0.3, 0.4) is 0 Å². The van der Waals surface area contributed by atoms with Crippen molar-refractivity contribution >= 4 is 39.5 Å². The number of nitrogens with zero attached hydrogens (tertiary/aromatic N) is 1. The molecule has 0 aliphatic carbocycles. The summed E-state index contributed by atoms with van der Waals surface area (Å²) in [5.41, 5.74) is 3.07. The molecule has 0 fully saturated rings. The molecule has 28 heavy (non-hydrogen) atoms. The first-order valence-corrected chi connectivity index (χ1v) is 9.41. The summed E-state index contributed by atoms with van der Waals surface area (Å²) in [5.74, 6) is -0.388. The van der Waals surface area contributed by atoms with Gasteiger partial charge in [0.15, 0.2) is 0 Å². The molecule has 0 spiro atoms. The van der Waals surface area contributed by atoms with Gasteiger partial charge in [0, 0.05) is 35.2 Å².